The van der Waals surface area contributed by atoms with E-state index in [2.05, 4.69) is 32.6 Å². The lowest BCUT2D eigenvalue weighted by Gasteiger charge is -2.37. The van der Waals surface area contributed by atoms with Crippen molar-refractivity contribution >= 4 is 45.7 Å². The number of hydrogen-bond acceptors (Lipinski definition) is 3. The smallest absolute Gasteiger partial charge is 0.179 e. The molecule has 3 rings (SSSR count). The molecule has 1 saturated heterocycles. The maximum atomic E-state index is 14.2. The summed E-state index contributed by atoms with van der Waals surface area (Å²) in [6, 6.07) is 12.5. The average molecular weight is 460 g/mol. The summed E-state index contributed by atoms with van der Waals surface area (Å²) in [5.41, 5.74) is 1.33. The molecule has 0 saturated carbocycles. The zero-order valence-electron chi connectivity index (χ0n) is 12.8. The highest BCUT2D eigenvalue weighted by Crippen LogP contribution is 2.27. The first-order valence-electron chi connectivity index (χ1n) is 7.52. The molecule has 126 valence electrons. The van der Waals surface area contributed by atoms with Crippen LogP contribution in [0.1, 0.15) is 5.56 Å². The lowest BCUT2D eigenvalue weighted by atomic mass is 10.1. The summed E-state index contributed by atoms with van der Waals surface area (Å²) >= 11 is 8.30. The summed E-state index contributed by atoms with van der Waals surface area (Å²) in [5, 5.41) is 13.5. The molecule has 0 spiro atoms. The molecule has 0 aliphatic carbocycles. The first kappa shape index (κ1) is 17.3. The van der Waals surface area contributed by atoms with Crippen LogP contribution in [0.25, 0.3) is 0 Å². The van der Waals surface area contributed by atoms with Crippen molar-refractivity contribution in [2.75, 3.05) is 31.1 Å². The highest BCUT2D eigenvalue weighted by atomic mass is 127. The van der Waals surface area contributed by atoms with Gasteiger partial charge in [-0.15, -0.1) is 0 Å². The minimum atomic E-state index is -0.386. The molecule has 24 heavy (non-hydrogen) atoms. The Bertz CT molecular complexity index is 743. The predicted molar refractivity (Wildman–Crippen MR) is 103 cm³/mol. The average Bonchev–Trinajstić information content (AvgIpc) is 2.59. The molecular formula is C17H16ClFIN3O. The Morgan fingerprint density at radius 1 is 1.08 bits per heavy atom. The Morgan fingerprint density at radius 3 is 2.42 bits per heavy atom. The number of para-hydroxylation sites is 1. The van der Waals surface area contributed by atoms with Gasteiger partial charge >= 0.3 is 0 Å². The number of anilines is 1. The Hall–Kier alpha value is -1.54. The Labute approximate surface area is 158 Å². The van der Waals surface area contributed by atoms with Gasteiger partial charge in [-0.2, -0.15) is 0 Å². The third-order valence-corrected chi connectivity index (χ3v) is 5.27. The van der Waals surface area contributed by atoms with Crippen LogP contribution in [0, 0.1) is 9.39 Å². The topological polar surface area (TPSA) is 39.1 Å². The zero-order valence-corrected chi connectivity index (χ0v) is 15.7. The maximum absolute atomic E-state index is 14.2. The molecule has 1 aliphatic heterocycles. The number of rotatable bonds is 2. The van der Waals surface area contributed by atoms with Crippen LogP contribution in [0.5, 0.6) is 0 Å². The van der Waals surface area contributed by atoms with Crippen molar-refractivity contribution in [1.82, 2.24) is 4.90 Å². The largest absolute Gasteiger partial charge is 0.409 e. The van der Waals surface area contributed by atoms with E-state index in [1.54, 1.807) is 12.1 Å². The SMILES string of the molecule is O/N=C(\c1c(F)cccc1I)N1CCN(c2ccccc2Cl)CC1. The van der Waals surface area contributed by atoms with Crippen molar-refractivity contribution < 1.29 is 9.60 Å². The second kappa shape index (κ2) is 7.57. The van der Waals surface area contributed by atoms with Gasteiger partial charge in [0.25, 0.3) is 0 Å². The maximum Gasteiger partial charge on any atom is 0.179 e. The Balaban J connectivity index is 1.77. The standard InChI is InChI=1S/C17H16ClFIN3O/c18-12-4-1-2-7-15(12)22-8-10-23(11-9-22)17(21-24)16-13(19)5-3-6-14(16)20/h1-7,24H,8-11H2/b21-17+. The fourth-order valence-electron chi connectivity index (χ4n) is 2.85. The molecule has 0 amide bonds. The van der Waals surface area contributed by atoms with E-state index in [1.165, 1.54) is 6.07 Å². The first-order valence-corrected chi connectivity index (χ1v) is 8.98. The van der Waals surface area contributed by atoms with Gasteiger partial charge in [0, 0.05) is 29.7 Å². The van der Waals surface area contributed by atoms with Crippen LogP contribution in [-0.4, -0.2) is 42.1 Å². The van der Waals surface area contributed by atoms with Crippen LogP contribution in [-0.2, 0) is 0 Å². The molecule has 0 atom stereocenters. The number of benzene rings is 2. The van der Waals surface area contributed by atoms with Gasteiger partial charge in [-0.1, -0.05) is 35.0 Å². The van der Waals surface area contributed by atoms with Crippen LogP contribution in [0.2, 0.25) is 5.02 Å². The van der Waals surface area contributed by atoms with Gasteiger partial charge in [-0.25, -0.2) is 4.39 Å². The fourth-order valence-corrected chi connectivity index (χ4v) is 3.81. The van der Waals surface area contributed by atoms with Gasteiger partial charge in [0.2, 0.25) is 0 Å². The number of amidine groups is 1. The summed E-state index contributed by atoms with van der Waals surface area (Å²) in [7, 11) is 0. The summed E-state index contributed by atoms with van der Waals surface area (Å²) in [4.78, 5) is 4.08. The third-order valence-electron chi connectivity index (χ3n) is 4.05. The molecule has 1 N–H and O–H groups in total. The number of hydrogen-bond donors (Lipinski definition) is 1. The Kier molecular flexibility index (Phi) is 5.45. The zero-order chi connectivity index (χ0) is 17.1. The molecule has 4 nitrogen and oxygen atoms in total. The van der Waals surface area contributed by atoms with E-state index in [-0.39, 0.29) is 11.7 Å². The number of nitrogens with zero attached hydrogens (tertiary/aromatic N) is 3. The highest BCUT2D eigenvalue weighted by Gasteiger charge is 2.25. The molecule has 1 aliphatic rings. The third kappa shape index (κ3) is 3.44. The lowest BCUT2D eigenvalue weighted by molar-refractivity contribution is 0.295. The van der Waals surface area contributed by atoms with E-state index in [4.69, 9.17) is 11.6 Å². The monoisotopic (exact) mass is 459 g/mol. The van der Waals surface area contributed by atoms with E-state index >= 15 is 0 Å². The van der Waals surface area contributed by atoms with Crippen LogP contribution in [0.15, 0.2) is 47.6 Å². The number of oxime groups is 1. The molecule has 0 radical (unpaired) electrons. The molecule has 0 aromatic heterocycles. The molecule has 0 bridgehead atoms. The molecular weight excluding hydrogens is 444 g/mol. The van der Waals surface area contributed by atoms with Crippen LogP contribution < -0.4 is 4.90 Å². The van der Waals surface area contributed by atoms with Crippen LogP contribution >= 0.6 is 34.2 Å². The van der Waals surface area contributed by atoms with Crippen molar-refractivity contribution in [2.24, 2.45) is 5.16 Å². The lowest BCUT2D eigenvalue weighted by Crippen LogP contribution is -2.49. The molecule has 1 heterocycles. The second-order valence-electron chi connectivity index (χ2n) is 5.45. The van der Waals surface area contributed by atoms with E-state index in [1.807, 2.05) is 29.2 Å². The van der Waals surface area contributed by atoms with E-state index in [0.29, 0.717) is 40.3 Å². The summed E-state index contributed by atoms with van der Waals surface area (Å²) in [5.74, 6) is -0.112. The van der Waals surface area contributed by atoms with Gasteiger partial charge in [-0.05, 0) is 46.9 Å². The van der Waals surface area contributed by atoms with Gasteiger partial charge in [0.15, 0.2) is 5.84 Å². The summed E-state index contributed by atoms with van der Waals surface area (Å²) in [6.07, 6.45) is 0. The summed E-state index contributed by atoms with van der Waals surface area (Å²) < 4.78 is 14.9. The first-order chi connectivity index (χ1) is 11.6. The van der Waals surface area contributed by atoms with E-state index in [0.717, 1.165) is 5.69 Å². The second-order valence-corrected chi connectivity index (χ2v) is 7.02. The number of piperazine rings is 1. The highest BCUT2D eigenvalue weighted by molar-refractivity contribution is 14.1. The molecule has 7 heteroatoms. The molecule has 2 aromatic carbocycles. The predicted octanol–water partition coefficient (Wildman–Crippen LogP) is 4.04. The van der Waals surface area contributed by atoms with Crippen LogP contribution in [0.3, 0.4) is 0 Å². The molecule has 0 unspecified atom stereocenters. The Morgan fingerprint density at radius 2 is 1.79 bits per heavy atom. The molecule has 2 aromatic rings. The van der Waals surface area contributed by atoms with E-state index in [9.17, 15) is 9.60 Å². The summed E-state index contributed by atoms with van der Waals surface area (Å²) in [6.45, 7) is 2.67. The van der Waals surface area contributed by atoms with Gasteiger partial charge in [0.1, 0.15) is 5.82 Å². The fraction of sp³-hybridized carbons (Fsp3) is 0.235. The number of halogens is 3. The minimum absolute atomic E-state index is 0.274. The van der Waals surface area contributed by atoms with Gasteiger partial charge < -0.3 is 15.0 Å². The van der Waals surface area contributed by atoms with Gasteiger partial charge in [-0.3, -0.25) is 0 Å². The van der Waals surface area contributed by atoms with Crippen LogP contribution in [0.4, 0.5) is 10.1 Å². The van der Waals surface area contributed by atoms with Crippen molar-refractivity contribution in [3.8, 4) is 0 Å². The minimum Gasteiger partial charge on any atom is -0.409 e. The van der Waals surface area contributed by atoms with Crippen molar-refractivity contribution in [2.45, 2.75) is 0 Å². The van der Waals surface area contributed by atoms with Crippen molar-refractivity contribution in [1.29, 1.82) is 0 Å². The quantitative estimate of drug-likeness (QED) is 0.242. The van der Waals surface area contributed by atoms with Gasteiger partial charge in [0.05, 0.1) is 16.3 Å². The van der Waals surface area contributed by atoms with Crippen molar-refractivity contribution in [3.63, 3.8) is 0 Å². The molecule has 1 fully saturated rings. The van der Waals surface area contributed by atoms with Crippen molar-refractivity contribution in [3.05, 3.63) is 62.4 Å². The normalized spacial score (nSPS) is 15.7. The van der Waals surface area contributed by atoms with E-state index < -0.39 is 0 Å².